The molecule has 0 fully saturated rings. The molecule has 1 aromatic rings. The molecule has 6 N–H and O–H groups in total. The van der Waals surface area contributed by atoms with Gasteiger partial charge in [0.1, 0.15) is 5.75 Å². The number of benzene rings is 1. The Morgan fingerprint density at radius 3 is 1.26 bits per heavy atom. The highest BCUT2D eigenvalue weighted by molar-refractivity contribution is 7.99. The monoisotopic (exact) mass is 496 g/mol. The molecule has 0 heterocycles. The summed E-state index contributed by atoms with van der Waals surface area (Å²) in [5.74, 6) is 3.93. The number of thioether (sulfide) groups is 3. The average Bonchev–Trinajstić information content (AvgIpc) is 2.77. The third kappa shape index (κ3) is 9.30. The molecule has 0 saturated heterocycles. The number of ether oxygens (including phenoxy) is 1. The van der Waals surface area contributed by atoms with Crippen LogP contribution in [-0.2, 0) is 17.3 Å². The Hall–Kier alpha value is -0.170. The molecule has 10 heteroatoms. The zero-order valence-corrected chi connectivity index (χ0v) is 20.9. The lowest BCUT2D eigenvalue weighted by atomic mass is 9.93. The van der Waals surface area contributed by atoms with Crippen LogP contribution < -0.4 is 4.74 Å². The lowest BCUT2D eigenvalue weighted by molar-refractivity contribution is 0.113. The van der Waals surface area contributed by atoms with E-state index in [1.807, 2.05) is 13.8 Å². The maximum Gasteiger partial charge on any atom is 0.127 e. The molecular formula is C21H36O7S3. The van der Waals surface area contributed by atoms with E-state index in [4.69, 9.17) is 20.1 Å². The first-order valence-corrected chi connectivity index (χ1v) is 13.5. The highest BCUT2D eigenvalue weighted by Crippen LogP contribution is 2.39. The summed E-state index contributed by atoms with van der Waals surface area (Å²) >= 11 is 4.59. The molecule has 1 rings (SSSR count). The fraction of sp³-hybridized carbons (Fsp3) is 0.714. The summed E-state index contributed by atoms with van der Waals surface area (Å²) < 4.78 is 5.79. The van der Waals surface area contributed by atoms with Crippen molar-refractivity contribution in [1.82, 2.24) is 0 Å². The zero-order chi connectivity index (χ0) is 23.4. The largest absolute Gasteiger partial charge is 0.496 e. The standard InChI is InChI=1S/C21H36O7S3/c1-13-18(10-29-7-15(25)4-22)14(2)20(12-31-9-17(27)6-24)21(28-3)19(13)11-30-8-16(26)5-23/h15-17,22-27H,4-12H2,1-3H3. The van der Waals surface area contributed by atoms with Crippen molar-refractivity contribution in [2.24, 2.45) is 0 Å². The molecule has 3 atom stereocenters. The van der Waals surface area contributed by atoms with Crippen LogP contribution in [0.2, 0.25) is 0 Å². The van der Waals surface area contributed by atoms with Crippen molar-refractivity contribution in [3.63, 3.8) is 0 Å². The minimum atomic E-state index is -0.772. The molecule has 0 aliphatic rings. The minimum absolute atomic E-state index is 0.266. The van der Waals surface area contributed by atoms with Crippen LogP contribution in [0.3, 0.4) is 0 Å². The fourth-order valence-electron chi connectivity index (χ4n) is 3.03. The first kappa shape index (κ1) is 28.9. The van der Waals surface area contributed by atoms with Crippen molar-refractivity contribution in [3.05, 3.63) is 27.8 Å². The first-order valence-electron chi connectivity index (χ1n) is 10.1. The number of rotatable bonds is 16. The van der Waals surface area contributed by atoms with E-state index in [0.29, 0.717) is 34.5 Å². The van der Waals surface area contributed by atoms with Gasteiger partial charge in [0.2, 0.25) is 0 Å². The van der Waals surface area contributed by atoms with Crippen LogP contribution in [0.4, 0.5) is 0 Å². The molecule has 0 aromatic heterocycles. The Labute approximate surface area is 197 Å². The quantitative estimate of drug-likeness (QED) is 0.198. The van der Waals surface area contributed by atoms with Crippen molar-refractivity contribution >= 4 is 35.3 Å². The summed E-state index contributed by atoms with van der Waals surface area (Å²) in [6.45, 7) is 3.26. The van der Waals surface area contributed by atoms with E-state index in [9.17, 15) is 15.3 Å². The van der Waals surface area contributed by atoms with Gasteiger partial charge in [0.25, 0.3) is 0 Å². The predicted molar refractivity (Wildman–Crippen MR) is 130 cm³/mol. The van der Waals surface area contributed by atoms with Crippen molar-refractivity contribution < 1.29 is 35.4 Å². The molecule has 7 nitrogen and oxygen atoms in total. The number of aliphatic hydroxyl groups is 6. The smallest absolute Gasteiger partial charge is 0.127 e. The van der Waals surface area contributed by atoms with Gasteiger partial charge >= 0.3 is 0 Å². The number of hydrogen-bond donors (Lipinski definition) is 6. The van der Waals surface area contributed by atoms with E-state index in [0.717, 1.165) is 33.6 Å². The van der Waals surface area contributed by atoms with E-state index in [2.05, 4.69) is 0 Å². The Balaban J connectivity index is 3.20. The number of hydrogen-bond acceptors (Lipinski definition) is 10. The average molecular weight is 497 g/mol. The number of methoxy groups -OCH3 is 1. The third-order valence-electron chi connectivity index (χ3n) is 4.87. The minimum Gasteiger partial charge on any atom is -0.496 e. The van der Waals surface area contributed by atoms with Crippen LogP contribution in [-0.4, -0.2) is 93.1 Å². The SMILES string of the molecule is COc1c(CSCC(O)CO)c(C)c(CSCC(O)CO)c(C)c1CSCC(O)CO. The lowest BCUT2D eigenvalue weighted by Crippen LogP contribution is -2.16. The van der Waals surface area contributed by atoms with E-state index in [-0.39, 0.29) is 19.8 Å². The van der Waals surface area contributed by atoms with E-state index in [1.54, 1.807) is 18.9 Å². The van der Waals surface area contributed by atoms with E-state index >= 15 is 0 Å². The summed E-state index contributed by atoms with van der Waals surface area (Å²) in [6.07, 6.45) is -2.30. The van der Waals surface area contributed by atoms with Gasteiger partial charge in [0.05, 0.1) is 45.2 Å². The molecule has 0 aliphatic carbocycles. The number of aliphatic hydroxyl groups excluding tert-OH is 6. The second-order valence-electron chi connectivity index (χ2n) is 7.27. The summed E-state index contributed by atoms with van der Waals surface area (Å²) in [7, 11) is 1.63. The molecule has 0 radical (unpaired) electrons. The summed E-state index contributed by atoms with van der Waals surface area (Å²) in [6, 6.07) is 0. The van der Waals surface area contributed by atoms with Gasteiger partial charge in [0.15, 0.2) is 0 Å². The molecule has 1 aromatic carbocycles. The molecule has 180 valence electrons. The van der Waals surface area contributed by atoms with Gasteiger partial charge in [-0.15, -0.1) is 0 Å². The normalized spacial score (nSPS) is 14.5. The first-order chi connectivity index (χ1) is 14.8. The zero-order valence-electron chi connectivity index (χ0n) is 18.4. The maximum atomic E-state index is 9.67. The topological polar surface area (TPSA) is 131 Å². The van der Waals surface area contributed by atoms with Crippen molar-refractivity contribution in [2.45, 2.75) is 49.4 Å². The van der Waals surface area contributed by atoms with E-state index < -0.39 is 18.3 Å². The van der Waals surface area contributed by atoms with Crippen LogP contribution in [0.5, 0.6) is 5.75 Å². The Morgan fingerprint density at radius 1 is 0.645 bits per heavy atom. The van der Waals surface area contributed by atoms with Crippen molar-refractivity contribution in [2.75, 3.05) is 44.2 Å². The molecular weight excluding hydrogens is 460 g/mol. The Kier molecular flexibility index (Phi) is 14.6. The molecule has 0 amide bonds. The molecule has 0 aliphatic heterocycles. The van der Waals surface area contributed by atoms with Crippen molar-refractivity contribution in [3.8, 4) is 5.75 Å². The van der Waals surface area contributed by atoms with Crippen LogP contribution in [0, 0.1) is 13.8 Å². The van der Waals surface area contributed by atoms with Gasteiger partial charge in [-0.2, -0.15) is 35.3 Å². The molecule has 0 bridgehead atoms. The second-order valence-corrected chi connectivity index (χ2v) is 10.4. The fourth-order valence-corrected chi connectivity index (χ4v) is 6.25. The summed E-state index contributed by atoms with van der Waals surface area (Å²) in [5, 5.41) is 56.2. The Morgan fingerprint density at radius 2 is 0.968 bits per heavy atom. The second kappa shape index (κ2) is 15.6. The predicted octanol–water partition coefficient (Wildman–Crippen LogP) is 1.07. The van der Waals surface area contributed by atoms with Gasteiger partial charge in [-0.25, -0.2) is 0 Å². The molecule has 31 heavy (non-hydrogen) atoms. The van der Waals surface area contributed by atoms with Gasteiger partial charge < -0.3 is 35.4 Å². The van der Waals surface area contributed by atoms with Gasteiger partial charge in [-0.05, 0) is 30.5 Å². The van der Waals surface area contributed by atoms with E-state index in [1.165, 1.54) is 23.5 Å². The molecule has 3 unspecified atom stereocenters. The molecule has 0 saturated carbocycles. The lowest BCUT2D eigenvalue weighted by Gasteiger charge is -2.23. The van der Waals surface area contributed by atoms with Gasteiger partial charge in [-0.3, -0.25) is 0 Å². The molecule has 0 spiro atoms. The van der Waals surface area contributed by atoms with Crippen LogP contribution in [0.25, 0.3) is 0 Å². The summed E-state index contributed by atoms with van der Waals surface area (Å²) in [5.41, 5.74) is 5.39. The van der Waals surface area contributed by atoms with Crippen molar-refractivity contribution in [1.29, 1.82) is 0 Å². The van der Waals surface area contributed by atoms with Gasteiger partial charge in [-0.1, -0.05) is 0 Å². The van der Waals surface area contributed by atoms with Crippen LogP contribution in [0.1, 0.15) is 27.8 Å². The Bertz CT molecular complexity index is 617. The van der Waals surface area contributed by atoms with Crippen LogP contribution >= 0.6 is 35.3 Å². The highest BCUT2D eigenvalue weighted by atomic mass is 32.2. The third-order valence-corrected chi connectivity index (χ3v) is 8.20. The maximum absolute atomic E-state index is 9.67. The summed E-state index contributed by atoms with van der Waals surface area (Å²) in [4.78, 5) is 0. The van der Waals surface area contributed by atoms with Gasteiger partial charge in [0, 0.05) is 45.6 Å². The van der Waals surface area contributed by atoms with Crippen LogP contribution in [0.15, 0.2) is 0 Å². The highest BCUT2D eigenvalue weighted by Gasteiger charge is 2.21.